The molecule has 100 valence electrons. The molecule has 0 saturated heterocycles. The number of aromatic nitrogens is 1. The molecule has 1 unspecified atom stereocenters. The molecular formula is C12H20N4OS. The van der Waals surface area contributed by atoms with Gasteiger partial charge in [-0.25, -0.2) is 10.8 Å². The van der Waals surface area contributed by atoms with Gasteiger partial charge < -0.3 is 10.7 Å². The molecule has 4 N–H and O–H groups in total. The number of anilines is 1. The molecule has 1 aromatic heterocycles. The molecule has 1 aromatic rings. The van der Waals surface area contributed by atoms with Crippen molar-refractivity contribution in [2.24, 2.45) is 5.84 Å². The third-order valence-electron chi connectivity index (χ3n) is 2.45. The summed E-state index contributed by atoms with van der Waals surface area (Å²) in [6, 6.07) is 3.54. The summed E-state index contributed by atoms with van der Waals surface area (Å²) in [7, 11) is 0. The Balaban J connectivity index is 2.43. The highest BCUT2D eigenvalue weighted by molar-refractivity contribution is 7.99. The number of amides is 1. The first-order valence-electron chi connectivity index (χ1n) is 5.98. The van der Waals surface area contributed by atoms with Gasteiger partial charge >= 0.3 is 0 Å². The van der Waals surface area contributed by atoms with Crippen molar-refractivity contribution in [1.29, 1.82) is 0 Å². The van der Waals surface area contributed by atoms with E-state index >= 15 is 0 Å². The normalized spacial score (nSPS) is 11.9. The summed E-state index contributed by atoms with van der Waals surface area (Å²) in [5.41, 5.74) is 2.97. The zero-order chi connectivity index (χ0) is 13.4. The molecule has 1 rings (SSSR count). The summed E-state index contributed by atoms with van der Waals surface area (Å²) < 4.78 is 0. The van der Waals surface area contributed by atoms with Gasteiger partial charge in [0.2, 0.25) is 0 Å². The van der Waals surface area contributed by atoms with Crippen LogP contribution in [0.3, 0.4) is 0 Å². The maximum atomic E-state index is 11.9. The third kappa shape index (κ3) is 4.93. The molecule has 0 fully saturated rings. The van der Waals surface area contributed by atoms with Crippen molar-refractivity contribution in [3.8, 4) is 0 Å². The van der Waals surface area contributed by atoms with Gasteiger partial charge in [0.15, 0.2) is 0 Å². The molecule has 5 nitrogen and oxygen atoms in total. The van der Waals surface area contributed by atoms with Crippen LogP contribution in [0.4, 0.5) is 5.82 Å². The zero-order valence-electron chi connectivity index (χ0n) is 10.8. The first kappa shape index (κ1) is 14.8. The molecule has 1 heterocycles. The Morgan fingerprint density at radius 2 is 2.33 bits per heavy atom. The van der Waals surface area contributed by atoms with Crippen molar-refractivity contribution in [3.63, 3.8) is 0 Å². The number of carbonyl (C=O) groups excluding carboxylic acids is 1. The smallest absolute Gasteiger partial charge is 0.253 e. The Kier molecular flexibility index (Phi) is 6.53. The second kappa shape index (κ2) is 7.94. The molecule has 0 saturated carbocycles. The summed E-state index contributed by atoms with van der Waals surface area (Å²) in [4.78, 5) is 15.9. The monoisotopic (exact) mass is 268 g/mol. The lowest BCUT2D eigenvalue weighted by atomic mass is 10.2. The number of thioether (sulfide) groups is 1. The number of carbonyl (C=O) groups is 1. The number of nitrogens with zero attached hydrogens (tertiary/aromatic N) is 1. The summed E-state index contributed by atoms with van der Waals surface area (Å²) in [6.45, 7) is 4.14. The van der Waals surface area contributed by atoms with Crippen molar-refractivity contribution in [1.82, 2.24) is 10.3 Å². The largest absolute Gasteiger partial charge is 0.350 e. The molecule has 6 heteroatoms. The fraction of sp³-hybridized carbons (Fsp3) is 0.500. The van der Waals surface area contributed by atoms with E-state index < -0.39 is 0 Å². The fourth-order valence-electron chi connectivity index (χ4n) is 1.40. The minimum Gasteiger partial charge on any atom is -0.350 e. The molecule has 0 radical (unpaired) electrons. The van der Waals surface area contributed by atoms with E-state index in [9.17, 15) is 4.79 Å². The zero-order valence-corrected chi connectivity index (χ0v) is 11.6. The van der Waals surface area contributed by atoms with Gasteiger partial charge in [0.05, 0.1) is 5.56 Å². The van der Waals surface area contributed by atoms with E-state index in [0.29, 0.717) is 11.4 Å². The number of nitrogen functional groups attached to an aromatic ring is 1. The maximum Gasteiger partial charge on any atom is 0.253 e. The quantitative estimate of drug-likeness (QED) is 0.398. The van der Waals surface area contributed by atoms with Crippen molar-refractivity contribution in [2.45, 2.75) is 26.3 Å². The van der Waals surface area contributed by atoms with Crippen LogP contribution in [-0.4, -0.2) is 28.4 Å². The molecule has 0 bridgehead atoms. The Hall–Kier alpha value is -1.27. The highest BCUT2D eigenvalue weighted by atomic mass is 32.2. The topological polar surface area (TPSA) is 80.0 Å². The molecule has 18 heavy (non-hydrogen) atoms. The van der Waals surface area contributed by atoms with E-state index in [1.165, 1.54) is 6.20 Å². The average Bonchev–Trinajstić information content (AvgIpc) is 2.39. The van der Waals surface area contributed by atoms with E-state index in [2.05, 4.69) is 22.7 Å². The minimum absolute atomic E-state index is 0.0972. The number of pyridine rings is 1. The third-order valence-corrected chi connectivity index (χ3v) is 3.38. The summed E-state index contributed by atoms with van der Waals surface area (Å²) in [5, 5.41) is 2.95. The number of hydrogen-bond donors (Lipinski definition) is 3. The lowest BCUT2D eigenvalue weighted by Gasteiger charge is -2.13. The molecule has 0 aliphatic carbocycles. The number of hydrogen-bond acceptors (Lipinski definition) is 5. The number of rotatable bonds is 7. The second-order valence-corrected chi connectivity index (χ2v) is 5.33. The molecule has 0 aliphatic heterocycles. The first-order chi connectivity index (χ1) is 8.67. The highest BCUT2D eigenvalue weighted by Crippen LogP contribution is 2.06. The van der Waals surface area contributed by atoms with Crippen LogP contribution in [0.15, 0.2) is 18.3 Å². The van der Waals surface area contributed by atoms with E-state index in [4.69, 9.17) is 5.84 Å². The molecule has 1 amide bonds. The van der Waals surface area contributed by atoms with Crippen molar-refractivity contribution in [2.75, 3.05) is 16.9 Å². The predicted molar refractivity (Wildman–Crippen MR) is 76.6 cm³/mol. The van der Waals surface area contributed by atoms with Crippen LogP contribution in [0, 0.1) is 0 Å². The van der Waals surface area contributed by atoms with Crippen LogP contribution < -0.4 is 16.6 Å². The lowest BCUT2D eigenvalue weighted by Crippen LogP contribution is -2.33. The Labute approximate surface area is 112 Å². The van der Waals surface area contributed by atoms with Gasteiger partial charge in [-0.05, 0) is 37.0 Å². The van der Waals surface area contributed by atoms with E-state index in [-0.39, 0.29) is 11.9 Å². The van der Waals surface area contributed by atoms with Gasteiger partial charge in [-0.15, -0.1) is 0 Å². The maximum absolute atomic E-state index is 11.9. The van der Waals surface area contributed by atoms with Crippen LogP contribution >= 0.6 is 11.8 Å². The average molecular weight is 268 g/mol. The molecular weight excluding hydrogens is 248 g/mol. The Morgan fingerprint density at radius 3 is 2.89 bits per heavy atom. The van der Waals surface area contributed by atoms with Crippen LogP contribution in [-0.2, 0) is 0 Å². The van der Waals surface area contributed by atoms with Crippen LogP contribution in [0.2, 0.25) is 0 Å². The molecule has 0 aromatic carbocycles. The van der Waals surface area contributed by atoms with Gasteiger partial charge in [-0.1, -0.05) is 6.92 Å². The Morgan fingerprint density at radius 1 is 1.56 bits per heavy atom. The number of nitrogens with one attached hydrogen (secondary N) is 2. The van der Waals surface area contributed by atoms with Crippen molar-refractivity contribution < 1.29 is 4.79 Å². The molecule has 0 aliphatic rings. The Bertz CT molecular complexity index is 369. The lowest BCUT2D eigenvalue weighted by molar-refractivity contribution is 0.0939. The van der Waals surface area contributed by atoms with Gasteiger partial charge in [0.25, 0.3) is 5.91 Å². The van der Waals surface area contributed by atoms with Gasteiger partial charge in [0.1, 0.15) is 5.82 Å². The van der Waals surface area contributed by atoms with Crippen LogP contribution in [0.25, 0.3) is 0 Å². The summed E-state index contributed by atoms with van der Waals surface area (Å²) in [5.74, 6) is 7.82. The van der Waals surface area contributed by atoms with Crippen LogP contribution in [0.5, 0.6) is 0 Å². The number of hydrazine groups is 1. The fourth-order valence-corrected chi connectivity index (χ4v) is 2.21. The number of nitrogens with two attached hydrogens (primary N) is 1. The summed E-state index contributed by atoms with van der Waals surface area (Å²) in [6.07, 6.45) is 2.48. The van der Waals surface area contributed by atoms with Gasteiger partial charge in [0, 0.05) is 12.2 Å². The van der Waals surface area contributed by atoms with Crippen LogP contribution in [0.1, 0.15) is 30.6 Å². The van der Waals surface area contributed by atoms with E-state index in [0.717, 1.165) is 17.9 Å². The van der Waals surface area contributed by atoms with Gasteiger partial charge in [-0.3, -0.25) is 4.79 Å². The van der Waals surface area contributed by atoms with Crippen molar-refractivity contribution in [3.05, 3.63) is 23.9 Å². The van der Waals surface area contributed by atoms with E-state index in [1.54, 1.807) is 12.1 Å². The summed E-state index contributed by atoms with van der Waals surface area (Å²) >= 11 is 1.88. The highest BCUT2D eigenvalue weighted by Gasteiger charge is 2.09. The molecule has 0 spiro atoms. The van der Waals surface area contributed by atoms with Gasteiger partial charge in [-0.2, -0.15) is 11.8 Å². The van der Waals surface area contributed by atoms with Crippen molar-refractivity contribution >= 4 is 23.5 Å². The molecule has 1 atom stereocenters. The van der Waals surface area contributed by atoms with E-state index in [1.807, 2.05) is 18.7 Å². The first-order valence-corrected chi connectivity index (χ1v) is 7.14. The predicted octanol–water partition coefficient (Wildman–Crippen LogP) is 1.63. The second-order valence-electron chi connectivity index (χ2n) is 3.94. The SMILES string of the molecule is CCSCCC(C)NC(=O)c1ccc(NN)nc1. The standard InChI is InChI=1S/C12H20N4OS/c1-3-18-7-6-9(2)15-12(17)10-4-5-11(16-13)14-8-10/h4-5,8-9H,3,6-7,13H2,1-2H3,(H,14,16)(H,15,17). The minimum atomic E-state index is -0.0972.